The molecule has 1 aliphatic heterocycles. The number of rotatable bonds is 5. The third kappa shape index (κ3) is 4.02. The molecule has 8 heteroatoms. The molecule has 136 valence electrons. The Hall–Kier alpha value is -2.87. The van der Waals surface area contributed by atoms with Crippen LogP contribution < -0.4 is 10.6 Å². The molecule has 1 saturated heterocycles. The molecule has 0 spiro atoms. The summed E-state index contributed by atoms with van der Waals surface area (Å²) in [5.41, 5.74) is 0.751. The van der Waals surface area contributed by atoms with E-state index in [1.54, 1.807) is 24.1 Å². The van der Waals surface area contributed by atoms with Crippen LogP contribution in [0.5, 0.6) is 0 Å². The molecule has 3 rings (SSSR count). The Morgan fingerprint density at radius 3 is 2.58 bits per heavy atom. The van der Waals surface area contributed by atoms with E-state index >= 15 is 0 Å². The van der Waals surface area contributed by atoms with Crippen molar-refractivity contribution >= 4 is 11.8 Å². The minimum absolute atomic E-state index is 0.0163. The second kappa shape index (κ2) is 8.01. The van der Waals surface area contributed by atoms with Crippen LogP contribution >= 0.6 is 0 Å². The van der Waals surface area contributed by atoms with Crippen LogP contribution in [0.25, 0.3) is 0 Å². The van der Waals surface area contributed by atoms with Crippen molar-refractivity contribution in [1.82, 2.24) is 25.5 Å². The van der Waals surface area contributed by atoms with E-state index in [0.29, 0.717) is 6.54 Å². The third-order valence-electron chi connectivity index (χ3n) is 4.38. The lowest BCUT2D eigenvalue weighted by Gasteiger charge is -2.23. The molecule has 2 amide bonds. The van der Waals surface area contributed by atoms with Crippen LogP contribution in [0.2, 0.25) is 0 Å². The average molecular weight is 357 g/mol. The van der Waals surface area contributed by atoms with E-state index in [1.165, 1.54) is 24.5 Å². The maximum atomic E-state index is 12.9. The van der Waals surface area contributed by atoms with Gasteiger partial charge in [0.2, 0.25) is 0 Å². The molecule has 2 N–H and O–H groups in total. The van der Waals surface area contributed by atoms with Crippen LogP contribution in [0.4, 0.5) is 4.39 Å². The lowest BCUT2D eigenvalue weighted by molar-refractivity contribution is 0.0730. The molecule has 26 heavy (non-hydrogen) atoms. The predicted molar refractivity (Wildman–Crippen MR) is 93.0 cm³/mol. The molecule has 0 aliphatic carbocycles. The van der Waals surface area contributed by atoms with Gasteiger partial charge < -0.3 is 15.5 Å². The van der Waals surface area contributed by atoms with Crippen LogP contribution in [0.15, 0.2) is 36.7 Å². The molecule has 0 saturated carbocycles. The highest BCUT2D eigenvalue weighted by Crippen LogP contribution is 2.12. The second-order valence-corrected chi connectivity index (χ2v) is 6.13. The standard InChI is InChI=1S/C18H20FN5O2/c1-24(14-6-7-20-11-14)18(26)16-15(21-8-9-22-16)17(25)23-10-12-2-4-13(19)5-3-12/h2-5,8-9,14,20H,6-7,10-11H2,1H3,(H,23,25). The number of hydrogen-bond acceptors (Lipinski definition) is 5. The monoisotopic (exact) mass is 357 g/mol. The Balaban J connectivity index is 1.72. The van der Waals surface area contributed by atoms with Crippen molar-refractivity contribution in [2.45, 2.75) is 19.0 Å². The van der Waals surface area contributed by atoms with Crippen molar-refractivity contribution in [3.8, 4) is 0 Å². The summed E-state index contributed by atoms with van der Waals surface area (Å²) in [6, 6.07) is 5.88. The van der Waals surface area contributed by atoms with E-state index in [-0.39, 0.29) is 35.7 Å². The maximum absolute atomic E-state index is 12.9. The summed E-state index contributed by atoms with van der Waals surface area (Å²) in [5.74, 6) is -1.17. The fraction of sp³-hybridized carbons (Fsp3) is 0.333. The molecule has 1 fully saturated rings. The molecular formula is C18H20FN5O2. The number of halogens is 1. The first-order valence-electron chi connectivity index (χ1n) is 8.38. The fourth-order valence-corrected chi connectivity index (χ4v) is 2.83. The minimum atomic E-state index is -0.497. The second-order valence-electron chi connectivity index (χ2n) is 6.13. The molecule has 1 aliphatic rings. The quantitative estimate of drug-likeness (QED) is 0.833. The topological polar surface area (TPSA) is 87.2 Å². The summed E-state index contributed by atoms with van der Waals surface area (Å²) in [5, 5.41) is 5.89. The Bertz CT molecular complexity index is 790. The average Bonchev–Trinajstić information content (AvgIpc) is 3.21. The van der Waals surface area contributed by atoms with E-state index in [1.807, 2.05) is 0 Å². The van der Waals surface area contributed by atoms with Gasteiger partial charge in [-0.15, -0.1) is 0 Å². The summed E-state index contributed by atoms with van der Waals surface area (Å²) >= 11 is 0. The summed E-state index contributed by atoms with van der Waals surface area (Å²) in [6.07, 6.45) is 3.63. The Labute approximate surface area is 150 Å². The predicted octanol–water partition coefficient (Wildman–Crippen LogP) is 0.980. The molecule has 7 nitrogen and oxygen atoms in total. The van der Waals surface area contributed by atoms with Gasteiger partial charge in [0.25, 0.3) is 11.8 Å². The summed E-state index contributed by atoms with van der Waals surface area (Å²) in [6.45, 7) is 1.77. The van der Waals surface area contributed by atoms with E-state index in [4.69, 9.17) is 0 Å². The largest absolute Gasteiger partial charge is 0.347 e. The van der Waals surface area contributed by atoms with Gasteiger partial charge in [0, 0.05) is 38.6 Å². The Morgan fingerprint density at radius 2 is 1.92 bits per heavy atom. The first-order valence-corrected chi connectivity index (χ1v) is 8.38. The van der Waals surface area contributed by atoms with Gasteiger partial charge in [0.15, 0.2) is 11.4 Å². The molecule has 1 atom stereocenters. The molecule has 0 radical (unpaired) electrons. The zero-order chi connectivity index (χ0) is 18.5. The van der Waals surface area contributed by atoms with Crippen LogP contribution in [-0.2, 0) is 6.54 Å². The van der Waals surface area contributed by atoms with Gasteiger partial charge in [-0.2, -0.15) is 0 Å². The number of hydrogen-bond donors (Lipinski definition) is 2. The third-order valence-corrected chi connectivity index (χ3v) is 4.38. The molecule has 1 unspecified atom stereocenters. The number of carbonyl (C=O) groups is 2. The highest BCUT2D eigenvalue weighted by Gasteiger charge is 2.28. The summed E-state index contributed by atoms with van der Waals surface area (Å²) in [4.78, 5) is 34.9. The van der Waals surface area contributed by atoms with Gasteiger partial charge >= 0.3 is 0 Å². The highest BCUT2D eigenvalue weighted by atomic mass is 19.1. The van der Waals surface area contributed by atoms with Crippen molar-refractivity contribution in [2.24, 2.45) is 0 Å². The maximum Gasteiger partial charge on any atom is 0.274 e. The number of nitrogens with one attached hydrogen (secondary N) is 2. The smallest absolute Gasteiger partial charge is 0.274 e. The number of aromatic nitrogens is 2. The molecule has 2 heterocycles. The van der Waals surface area contributed by atoms with E-state index in [2.05, 4.69) is 20.6 Å². The van der Waals surface area contributed by atoms with Gasteiger partial charge in [0.1, 0.15) is 5.82 Å². The van der Waals surface area contributed by atoms with Crippen molar-refractivity contribution < 1.29 is 14.0 Å². The van der Waals surface area contributed by atoms with Gasteiger partial charge in [-0.25, -0.2) is 14.4 Å². The van der Waals surface area contributed by atoms with Crippen molar-refractivity contribution in [1.29, 1.82) is 0 Å². The van der Waals surface area contributed by atoms with Gasteiger partial charge in [-0.05, 0) is 30.7 Å². The Morgan fingerprint density at radius 1 is 1.23 bits per heavy atom. The SMILES string of the molecule is CN(C(=O)c1nccnc1C(=O)NCc1ccc(F)cc1)C1CCNC1. The molecule has 0 bridgehead atoms. The number of nitrogens with zero attached hydrogens (tertiary/aromatic N) is 3. The van der Waals surface area contributed by atoms with Crippen molar-refractivity contribution in [2.75, 3.05) is 20.1 Å². The van der Waals surface area contributed by atoms with E-state index in [0.717, 1.165) is 18.5 Å². The van der Waals surface area contributed by atoms with Crippen LogP contribution in [0, 0.1) is 5.82 Å². The Kier molecular flexibility index (Phi) is 5.52. The van der Waals surface area contributed by atoms with Gasteiger partial charge in [0.05, 0.1) is 0 Å². The molecular weight excluding hydrogens is 337 g/mol. The summed E-state index contributed by atoms with van der Waals surface area (Å²) in [7, 11) is 1.70. The fourth-order valence-electron chi connectivity index (χ4n) is 2.83. The number of benzene rings is 1. The zero-order valence-electron chi connectivity index (χ0n) is 14.4. The first kappa shape index (κ1) is 17.9. The minimum Gasteiger partial charge on any atom is -0.347 e. The van der Waals surface area contributed by atoms with E-state index in [9.17, 15) is 14.0 Å². The zero-order valence-corrected chi connectivity index (χ0v) is 14.4. The lowest BCUT2D eigenvalue weighted by atomic mass is 10.2. The molecule has 1 aromatic heterocycles. The number of amides is 2. The first-order chi connectivity index (χ1) is 12.6. The lowest BCUT2D eigenvalue weighted by Crippen LogP contribution is -2.40. The van der Waals surface area contributed by atoms with Crippen LogP contribution in [0.3, 0.4) is 0 Å². The van der Waals surface area contributed by atoms with Crippen molar-refractivity contribution in [3.63, 3.8) is 0 Å². The van der Waals surface area contributed by atoms with E-state index < -0.39 is 5.91 Å². The summed E-state index contributed by atoms with van der Waals surface area (Å²) < 4.78 is 12.9. The molecule has 1 aromatic carbocycles. The number of carbonyl (C=O) groups excluding carboxylic acids is 2. The molecule has 2 aromatic rings. The van der Waals surface area contributed by atoms with Crippen molar-refractivity contribution in [3.05, 3.63) is 59.4 Å². The normalized spacial score (nSPS) is 16.3. The van der Waals surface area contributed by atoms with Gasteiger partial charge in [-0.1, -0.05) is 12.1 Å². The van der Waals surface area contributed by atoms with Crippen LogP contribution in [-0.4, -0.2) is 52.9 Å². The van der Waals surface area contributed by atoms with Crippen LogP contribution in [0.1, 0.15) is 33.0 Å². The highest BCUT2D eigenvalue weighted by molar-refractivity contribution is 6.04. The van der Waals surface area contributed by atoms with Gasteiger partial charge in [-0.3, -0.25) is 9.59 Å². The number of likely N-dealkylation sites (N-methyl/N-ethyl adjacent to an activating group) is 1.